The van der Waals surface area contributed by atoms with Crippen molar-refractivity contribution in [2.75, 3.05) is 19.6 Å². The van der Waals surface area contributed by atoms with E-state index < -0.39 is 22.0 Å². The number of fused-ring (bicyclic) bond motifs is 1. The van der Waals surface area contributed by atoms with Crippen molar-refractivity contribution in [3.63, 3.8) is 0 Å². The molecule has 4 aromatic rings. The molecule has 1 atom stereocenters. The average Bonchev–Trinajstić information content (AvgIpc) is 3.36. The van der Waals surface area contributed by atoms with Gasteiger partial charge in [-0.05, 0) is 36.1 Å². The number of hydrogen-bond donors (Lipinski definition) is 0. The molecule has 1 fully saturated rings. The van der Waals surface area contributed by atoms with Gasteiger partial charge in [-0.1, -0.05) is 17.7 Å². The summed E-state index contributed by atoms with van der Waals surface area (Å²) in [6.45, 7) is 0.253. The molecule has 13 heteroatoms. The summed E-state index contributed by atoms with van der Waals surface area (Å²) in [5.41, 5.74) is 0.805. The number of thiophene rings is 1. The molecule has 1 saturated heterocycles. The summed E-state index contributed by atoms with van der Waals surface area (Å²) < 4.78 is 30.0. The number of nitriles is 1. The van der Waals surface area contributed by atoms with Crippen LogP contribution in [0.25, 0.3) is 21.3 Å². The van der Waals surface area contributed by atoms with Crippen LogP contribution in [0.3, 0.4) is 0 Å². The predicted molar refractivity (Wildman–Crippen MR) is 142 cm³/mol. The van der Waals surface area contributed by atoms with Crippen LogP contribution in [0.5, 0.6) is 0 Å². The largest absolute Gasteiger partial charge is 0.618 e. The van der Waals surface area contributed by atoms with E-state index in [0.29, 0.717) is 27.4 Å². The van der Waals surface area contributed by atoms with E-state index in [4.69, 9.17) is 16.9 Å². The number of piperazine rings is 1. The Hall–Kier alpha value is -3.63. The summed E-state index contributed by atoms with van der Waals surface area (Å²) in [5.74, 6) is -0.530. The molecule has 0 N–H and O–H groups in total. The molecule has 3 aromatic heterocycles. The molecule has 0 radical (unpaired) electrons. The normalized spacial score (nSPS) is 16.4. The summed E-state index contributed by atoms with van der Waals surface area (Å²) >= 11 is 7.20. The zero-order valence-electron chi connectivity index (χ0n) is 19.9. The smallest absolute Gasteiger partial charge is 0.291 e. The Balaban J connectivity index is 1.37. The lowest BCUT2D eigenvalue weighted by Crippen LogP contribution is -2.56. The number of halogens is 1. The molecule has 4 heterocycles. The standard InChI is InChI=1S/C25H21ClN6O4S2/c26-19-7-6-17-12-23(37-22(17)13-19)38(35,36)30-10-11-31(20(16-30)4-3-8-27)25(33)24-28-14-18(15-29-24)21-5-1-2-9-32(21)34/h1-2,5-7,9,12-15,20H,3-4,10-11,16H2. The third-order valence-electron chi connectivity index (χ3n) is 6.31. The van der Waals surface area contributed by atoms with E-state index in [-0.39, 0.29) is 36.1 Å². The second-order valence-electron chi connectivity index (χ2n) is 8.67. The van der Waals surface area contributed by atoms with Crippen molar-refractivity contribution in [1.82, 2.24) is 19.2 Å². The first-order chi connectivity index (χ1) is 18.3. The fraction of sp³-hybridized carbons (Fsp3) is 0.240. The minimum atomic E-state index is -3.82. The lowest BCUT2D eigenvalue weighted by atomic mass is 10.1. The number of amides is 1. The first kappa shape index (κ1) is 26.0. The first-order valence-corrected chi connectivity index (χ1v) is 14.3. The molecule has 1 amide bonds. The van der Waals surface area contributed by atoms with E-state index in [2.05, 4.69) is 16.0 Å². The number of pyridine rings is 1. The van der Waals surface area contributed by atoms with Crippen LogP contribution >= 0.6 is 22.9 Å². The van der Waals surface area contributed by atoms with Crippen molar-refractivity contribution in [3.8, 4) is 17.3 Å². The monoisotopic (exact) mass is 568 g/mol. The number of aromatic nitrogens is 3. The highest BCUT2D eigenvalue weighted by Crippen LogP contribution is 2.33. The summed E-state index contributed by atoms with van der Waals surface area (Å²) in [6, 6.07) is 13.3. The highest BCUT2D eigenvalue weighted by molar-refractivity contribution is 7.91. The van der Waals surface area contributed by atoms with Gasteiger partial charge in [0.25, 0.3) is 15.9 Å². The van der Waals surface area contributed by atoms with Crippen LogP contribution in [0.2, 0.25) is 5.02 Å². The van der Waals surface area contributed by atoms with Gasteiger partial charge >= 0.3 is 0 Å². The van der Waals surface area contributed by atoms with Gasteiger partial charge in [0.15, 0.2) is 6.20 Å². The molecule has 5 rings (SSSR count). The van der Waals surface area contributed by atoms with Gasteiger partial charge in [-0.2, -0.15) is 14.3 Å². The van der Waals surface area contributed by atoms with Gasteiger partial charge in [-0.15, -0.1) is 11.3 Å². The summed E-state index contributed by atoms with van der Waals surface area (Å²) in [5, 5.41) is 22.5. The number of nitrogens with zero attached hydrogens (tertiary/aromatic N) is 6. The number of carbonyl (C=O) groups is 1. The SMILES string of the molecule is N#CCCC1CN(S(=O)(=O)c2cc3ccc(Cl)cc3s2)CCN1C(=O)c1ncc(-c2cccc[n+]2[O-])cn1. The number of rotatable bonds is 6. The number of hydrogen-bond acceptors (Lipinski definition) is 8. The minimum Gasteiger partial charge on any atom is -0.618 e. The number of sulfonamides is 1. The molecule has 38 heavy (non-hydrogen) atoms. The van der Waals surface area contributed by atoms with Gasteiger partial charge in [0.1, 0.15) is 4.21 Å². The highest BCUT2D eigenvalue weighted by Gasteiger charge is 2.37. The Labute approximate surface area is 228 Å². The highest BCUT2D eigenvalue weighted by atomic mass is 35.5. The molecule has 10 nitrogen and oxygen atoms in total. The van der Waals surface area contributed by atoms with Crippen LogP contribution in [0, 0.1) is 16.5 Å². The van der Waals surface area contributed by atoms with E-state index in [1.54, 1.807) is 42.5 Å². The Morgan fingerprint density at radius 1 is 1.21 bits per heavy atom. The van der Waals surface area contributed by atoms with Crippen molar-refractivity contribution in [3.05, 3.63) is 77.1 Å². The molecule has 194 valence electrons. The molecule has 1 aromatic carbocycles. The first-order valence-electron chi connectivity index (χ1n) is 11.7. The molecule has 0 aliphatic carbocycles. The second-order valence-corrected chi connectivity index (χ2v) is 12.4. The lowest BCUT2D eigenvalue weighted by molar-refractivity contribution is -0.593. The molecule has 1 aliphatic rings. The summed E-state index contributed by atoms with van der Waals surface area (Å²) in [6.07, 6.45) is 4.62. The van der Waals surface area contributed by atoms with Gasteiger partial charge < -0.3 is 10.1 Å². The third-order valence-corrected chi connectivity index (χ3v) is 9.96. The number of benzene rings is 1. The van der Waals surface area contributed by atoms with E-state index >= 15 is 0 Å². The van der Waals surface area contributed by atoms with E-state index in [1.807, 2.05) is 0 Å². The van der Waals surface area contributed by atoms with Crippen LogP contribution in [0.1, 0.15) is 23.5 Å². The van der Waals surface area contributed by atoms with Gasteiger partial charge in [0, 0.05) is 66.3 Å². The zero-order chi connectivity index (χ0) is 26.9. The summed E-state index contributed by atoms with van der Waals surface area (Å²) in [7, 11) is -3.82. The van der Waals surface area contributed by atoms with Crippen LogP contribution in [-0.2, 0) is 10.0 Å². The van der Waals surface area contributed by atoms with E-state index in [1.165, 1.54) is 27.8 Å². The van der Waals surface area contributed by atoms with E-state index in [9.17, 15) is 18.4 Å². The topological polar surface area (TPSA) is 134 Å². The number of carbonyl (C=O) groups excluding carboxylic acids is 1. The van der Waals surface area contributed by atoms with Crippen molar-refractivity contribution in [1.29, 1.82) is 5.26 Å². The molecular weight excluding hydrogens is 548 g/mol. The van der Waals surface area contributed by atoms with Crippen molar-refractivity contribution >= 4 is 49.0 Å². The van der Waals surface area contributed by atoms with Gasteiger partial charge in [0.05, 0.1) is 11.6 Å². The Bertz CT molecular complexity index is 1650. The lowest BCUT2D eigenvalue weighted by Gasteiger charge is -2.40. The van der Waals surface area contributed by atoms with E-state index in [0.717, 1.165) is 21.4 Å². The Morgan fingerprint density at radius 2 is 2.00 bits per heavy atom. The third kappa shape index (κ3) is 5.06. The maximum Gasteiger partial charge on any atom is 0.291 e. The fourth-order valence-electron chi connectivity index (χ4n) is 4.38. The molecule has 1 aliphatic heterocycles. The van der Waals surface area contributed by atoms with Gasteiger partial charge in [-0.3, -0.25) is 4.79 Å². The van der Waals surface area contributed by atoms with Crippen LogP contribution < -0.4 is 4.73 Å². The molecule has 1 unspecified atom stereocenters. The van der Waals surface area contributed by atoms with Gasteiger partial charge in [-0.25, -0.2) is 18.4 Å². The van der Waals surface area contributed by atoms with Gasteiger partial charge in [0.2, 0.25) is 11.5 Å². The Kier molecular flexibility index (Phi) is 7.27. The van der Waals surface area contributed by atoms with Crippen molar-refractivity contribution in [2.45, 2.75) is 23.1 Å². The zero-order valence-corrected chi connectivity index (χ0v) is 22.3. The Morgan fingerprint density at radius 3 is 2.74 bits per heavy atom. The molecular formula is C25H21ClN6O4S2. The molecule has 0 saturated carbocycles. The quantitative estimate of drug-likeness (QED) is 0.257. The summed E-state index contributed by atoms with van der Waals surface area (Å²) in [4.78, 5) is 23.2. The maximum atomic E-state index is 13.5. The van der Waals surface area contributed by atoms with Crippen LogP contribution in [0.4, 0.5) is 0 Å². The maximum absolute atomic E-state index is 13.5. The van der Waals surface area contributed by atoms with Crippen molar-refractivity contribution in [2.24, 2.45) is 0 Å². The molecule has 0 spiro atoms. The predicted octanol–water partition coefficient (Wildman–Crippen LogP) is 3.46. The minimum absolute atomic E-state index is 0.0447. The van der Waals surface area contributed by atoms with Crippen LogP contribution in [-0.4, -0.2) is 59.2 Å². The van der Waals surface area contributed by atoms with Crippen molar-refractivity contribution < 1.29 is 17.9 Å². The second kappa shape index (κ2) is 10.6. The molecule has 0 bridgehead atoms. The van der Waals surface area contributed by atoms with Crippen LogP contribution in [0.15, 0.2) is 65.3 Å². The average molecular weight is 569 g/mol. The fourth-order valence-corrected chi connectivity index (χ4v) is 7.67.